The Hall–Kier alpha value is -2.77. The maximum atomic E-state index is 11.5. The van der Waals surface area contributed by atoms with Crippen molar-refractivity contribution in [2.45, 2.75) is 7.43 Å². The molecule has 0 atom stereocenters. The van der Waals surface area contributed by atoms with Crippen LogP contribution in [-0.4, -0.2) is 64.7 Å². The molecule has 2 saturated heterocycles. The molecule has 0 bridgehead atoms. The van der Waals surface area contributed by atoms with Crippen LogP contribution in [0.1, 0.15) is 7.43 Å². The third kappa shape index (κ3) is 8.87. The molecule has 10 nitrogen and oxygen atoms in total. The number of nitro groups is 1. The van der Waals surface area contributed by atoms with Gasteiger partial charge < -0.3 is 32.4 Å². The number of nitrogens with two attached hydrogens (primary N) is 1. The quantitative estimate of drug-likeness (QED) is 0.200. The Balaban J connectivity index is 0. The number of anilines is 3. The fourth-order valence-electron chi connectivity index (χ4n) is 2.99. The van der Waals surface area contributed by atoms with Gasteiger partial charge in [0.2, 0.25) is 0 Å². The van der Waals surface area contributed by atoms with E-state index in [4.69, 9.17) is 15.2 Å². The molecule has 0 unspecified atom stereocenters. The van der Waals surface area contributed by atoms with Crippen LogP contribution in [-0.2, 0) is 39.5 Å². The van der Waals surface area contributed by atoms with Crippen LogP contribution in [0.2, 0.25) is 0 Å². The van der Waals surface area contributed by atoms with E-state index >= 15 is 0 Å². The minimum Gasteiger partial charge on any atom is -0.399 e. The number of nitrogen functional groups attached to an aromatic ring is 1. The molecule has 2 N–H and O–H groups in total. The number of ether oxygens (including phenoxy) is 2. The van der Waals surface area contributed by atoms with E-state index in [2.05, 4.69) is 0 Å². The molecule has 2 fully saturated rings. The number of morpholine rings is 2. The topological polar surface area (TPSA) is 128 Å². The smallest absolute Gasteiger partial charge is 0.269 e. The summed E-state index contributed by atoms with van der Waals surface area (Å²) >= 11 is 0. The Morgan fingerprint density at radius 1 is 0.824 bits per heavy atom. The van der Waals surface area contributed by atoms with Gasteiger partial charge in [-0.1, -0.05) is 7.43 Å². The van der Waals surface area contributed by atoms with Crippen LogP contribution in [0.25, 0.3) is 0 Å². The molecule has 2 heterocycles. The number of nitrogens with zero attached hydrogens (tertiary/aromatic N) is 3. The van der Waals surface area contributed by atoms with Gasteiger partial charge in [0.25, 0.3) is 17.5 Å². The molecule has 2 aliphatic rings. The number of hydrogen-bond acceptors (Lipinski definition) is 7. The van der Waals surface area contributed by atoms with Crippen molar-refractivity contribution in [2.24, 2.45) is 0 Å². The number of benzene rings is 2. The SMILES string of the molecule is C.Nc1ccc(N2CCOCC2=O)cc1.O=C1COCCN1c1ccc([N+](=O)[O-])cc1.[B].[CH3-].[Pd]. The van der Waals surface area contributed by atoms with Crippen molar-refractivity contribution in [1.29, 1.82) is 0 Å². The van der Waals surface area contributed by atoms with Crippen LogP contribution in [0.5, 0.6) is 0 Å². The third-order valence-corrected chi connectivity index (χ3v) is 4.55. The zero-order valence-corrected chi connectivity index (χ0v) is 19.7. The average molecular weight is 563 g/mol. The molecule has 12 heteroatoms. The molecule has 34 heavy (non-hydrogen) atoms. The molecule has 187 valence electrons. The summed E-state index contributed by atoms with van der Waals surface area (Å²) in [7, 11) is 0. The van der Waals surface area contributed by atoms with E-state index in [1.165, 1.54) is 12.1 Å². The maximum Gasteiger partial charge on any atom is 0.269 e. The molecule has 0 saturated carbocycles. The Kier molecular flexibility index (Phi) is 15.7. The fraction of sp³-hybridized carbons (Fsp3) is 0.318. The predicted molar refractivity (Wildman–Crippen MR) is 129 cm³/mol. The summed E-state index contributed by atoms with van der Waals surface area (Å²) < 4.78 is 10.0. The van der Waals surface area contributed by atoms with Gasteiger partial charge in [0, 0.05) is 71.1 Å². The van der Waals surface area contributed by atoms with Crippen molar-refractivity contribution in [3.8, 4) is 0 Å². The third-order valence-electron chi connectivity index (χ3n) is 4.55. The monoisotopic (exact) mass is 562 g/mol. The second-order valence-corrected chi connectivity index (χ2v) is 6.56. The van der Waals surface area contributed by atoms with E-state index in [1.807, 2.05) is 12.1 Å². The van der Waals surface area contributed by atoms with Crippen LogP contribution in [0, 0.1) is 17.5 Å². The van der Waals surface area contributed by atoms with E-state index in [1.54, 1.807) is 34.1 Å². The summed E-state index contributed by atoms with van der Waals surface area (Å²) in [4.78, 5) is 36.2. The largest absolute Gasteiger partial charge is 0.399 e. The summed E-state index contributed by atoms with van der Waals surface area (Å²) in [5, 5.41) is 10.5. The van der Waals surface area contributed by atoms with Crippen LogP contribution in [0.15, 0.2) is 48.5 Å². The van der Waals surface area contributed by atoms with Crippen molar-refractivity contribution < 1.29 is 44.4 Å². The molecule has 2 amide bonds. The van der Waals surface area contributed by atoms with Gasteiger partial charge in [-0.05, 0) is 36.4 Å². The molecule has 2 aliphatic heterocycles. The van der Waals surface area contributed by atoms with Gasteiger partial charge in [0.05, 0.1) is 18.1 Å². The first-order chi connectivity index (χ1) is 14.5. The van der Waals surface area contributed by atoms with Gasteiger partial charge in [-0.15, -0.1) is 0 Å². The second kappa shape index (κ2) is 16.0. The normalized spacial score (nSPS) is 14.7. The summed E-state index contributed by atoms with van der Waals surface area (Å²) in [6.07, 6.45) is 0. The van der Waals surface area contributed by atoms with Gasteiger partial charge >= 0.3 is 0 Å². The second-order valence-electron chi connectivity index (χ2n) is 6.56. The number of carbonyl (C=O) groups is 2. The zero-order chi connectivity index (χ0) is 21.5. The predicted octanol–water partition coefficient (Wildman–Crippen LogP) is 2.29. The fourth-order valence-corrected chi connectivity index (χ4v) is 2.99. The van der Waals surface area contributed by atoms with E-state index in [-0.39, 0.29) is 74.4 Å². The Labute approximate surface area is 215 Å². The summed E-state index contributed by atoms with van der Waals surface area (Å²) in [6, 6.07) is 13.2. The Bertz CT molecular complexity index is 915. The van der Waals surface area contributed by atoms with Crippen LogP contribution in [0.4, 0.5) is 22.7 Å². The Morgan fingerprint density at radius 2 is 1.21 bits per heavy atom. The van der Waals surface area contributed by atoms with Crippen molar-refractivity contribution in [2.75, 3.05) is 55.1 Å². The van der Waals surface area contributed by atoms with Crippen LogP contribution < -0.4 is 15.5 Å². The summed E-state index contributed by atoms with van der Waals surface area (Å²) in [6.45, 7) is 2.42. The van der Waals surface area contributed by atoms with Crippen molar-refractivity contribution >= 4 is 43.0 Å². The van der Waals surface area contributed by atoms with Crippen LogP contribution >= 0.6 is 0 Å². The first kappa shape index (κ1) is 33.4. The first-order valence-electron chi connectivity index (χ1n) is 9.32. The number of nitro benzene ring substituents is 1. The summed E-state index contributed by atoms with van der Waals surface area (Å²) in [5.74, 6) is -0.124. The average Bonchev–Trinajstić information content (AvgIpc) is 2.76. The van der Waals surface area contributed by atoms with E-state index in [0.717, 1.165) is 5.69 Å². The van der Waals surface area contributed by atoms with Gasteiger partial charge in [-0.3, -0.25) is 19.7 Å². The molecular weight excluding hydrogens is 533 g/mol. The van der Waals surface area contributed by atoms with Crippen LogP contribution in [0.3, 0.4) is 0 Å². The molecule has 0 spiro atoms. The number of hydrogen-bond donors (Lipinski definition) is 1. The van der Waals surface area contributed by atoms with Crippen molar-refractivity contribution in [1.82, 2.24) is 0 Å². The number of rotatable bonds is 3. The molecule has 0 aliphatic carbocycles. The molecule has 2 aromatic carbocycles. The standard InChI is InChI=1S/C10H10N2O4.C10H12N2O2.CH4.CH3.B.Pd/c13-10-7-16-6-5-11(10)8-1-3-9(4-2-8)12(14)15;11-8-1-3-9(4-2-8)12-5-6-14-7-10(12)13;;;;/h1-4H,5-7H2;1-4H,5-7,11H2;1H4;1H3;;/q;;;-1;;. The molecule has 2 aromatic rings. The number of amides is 2. The van der Waals surface area contributed by atoms with Gasteiger partial charge in [-0.2, -0.15) is 0 Å². The summed E-state index contributed by atoms with van der Waals surface area (Å²) in [5.41, 5.74) is 7.83. The molecule has 3 radical (unpaired) electrons. The van der Waals surface area contributed by atoms with Gasteiger partial charge in [-0.25, -0.2) is 0 Å². The van der Waals surface area contributed by atoms with E-state index in [0.29, 0.717) is 37.7 Å². The maximum absolute atomic E-state index is 11.5. The van der Waals surface area contributed by atoms with Crippen molar-refractivity contribution in [3.63, 3.8) is 0 Å². The van der Waals surface area contributed by atoms with Gasteiger partial charge in [0.15, 0.2) is 0 Å². The molecule has 4 rings (SSSR count). The number of carbonyl (C=O) groups excluding carboxylic acids is 2. The molecule has 0 aromatic heterocycles. The molecular formula is C22H29BN4O6Pd-. The first-order valence-corrected chi connectivity index (χ1v) is 9.32. The minimum atomic E-state index is -0.467. The zero-order valence-electron chi connectivity index (χ0n) is 18.1. The minimum absolute atomic E-state index is 0. The van der Waals surface area contributed by atoms with E-state index < -0.39 is 4.92 Å². The van der Waals surface area contributed by atoms with E-state index in [9.17, 15) is 19.7 Å². The number of non-ortho nitro benzene ring substituents is 1. The Morgan fingerprint density at radius 3 is 1.56 bits per heavy atom. The van der Waals surface area contributed by atoms with Gasteiger partial charge in [0.1, 0.15) is 13.2 Å². The van der Waals surface area contributed by atoms with Crippen molar-refractivity contribution in [3.05, 3.63) is 66.1 Å².